The van der Waals surface area contributed by atoms with Crippen molar-refractivity contribution in [3.8, 4) is 22.8 Å². The molecule has 0 aliphatic carbocycles. The zero-order chi connectivity index (χ0) is 20.8. The monoisotopic (exact) mass is 423 g/mol. The first kappa shape index (κ1) is 18.4. The summed E-state index contributed by atoms with van der Waals surface area (Å²) in [4.78, 5) is 33.1. The molecule has 0 radical (unpaired) electrons. The molecule has 1 aliphatic heterocycles. The Hall–Kier alpha value is -3.66. The third kappa shape index (κ3) is 3.20. The Morgan fingerprint density at radius 1 is 1.23 bits per heavy atom. The third-order valence-electron chi connectivity index (χ3n) is 4.96. The van der Waals surface area contributed by atoms with E-state index in [2.05, 4.69) is 20.4 Å². The fourth-order valence-electron chi connectivity index (χ4n) is 3.46. The molecule has 2 N–H and O–H groups in total. The van der Waals surface area contributed by atoms with Crippen molar-refractivity contribution in [3.05, 3.63) is 57.0 Å². The lowest BCUT2D eigenvalue weighted by atomic mass is 10.1. The fourth-order valence-corrected chi connectivity index (χ4v) is 4.19. The number of thiazole rings is 1. The molecule has 0 bridgehead atoms. The van der Waals surface area contributed by atoms with Gasteiger partial charge in [-0.2, -0.15) is 0 Å². The maximum Gasteiger partial charge on any atom is 0.266 e. The number of aromatic nitrogens is 4. The summed E-state index contributed by atoms with van der Waals surface area (Å²) in [6.07, 6.45) is 0.125. The second kappa shape index (κ2) is 6.99. The number of benzene rings is 1. The Kier molecular flexibility index (Phi) is 4.28. The molecule has 4 heterocycles. The topological polar surface area (TPSA) is 111 Å². The SMILES string of the molecule is Cc1nc2cc(=O)[nH]n2c(C)c1CC(=O)Nc1nc(-c2ccc3c(c2)OCO3)cs1. The summed E-state index contributed by atoms with van der Waals surface area (Å²) in [5, 5.41) is 7.92. The van der Waals surface area contributed by atoms with Gasteiger partial charge < -0.3 is 14.8 Å². The molecule has 0 fully saturated rings. The number of aryl methyl sites for hydroxylation is 2. The second-order valence-electron chi connectivity index (χ2n) is 6.91. The van der Waals surface area contributed by atoms with Crippen LogP contribution in [-0.4, -0.2) is 32.3 Å². The number of amides is 1. The van der Waals surface area contributed by atoms with E-state index in [-0.39, 0.29) is 24.7 Å². The first-order valence-electron chi connectivity index (χ1n) is 9.21. The predicted molar refractivity (Wildman–Crippen MR) is 111 cm³/mol. The van der Waals surface area contributed by atoms with Gasteiger partial charge in [-0.05, 0) is 32.0 Å². The molecule has 0 saturated carbocycles. The highest BCUT2D eigenvalue weighted by Gasteiger charge is 2.17. The van der Waals surface area contributed by atoms with Gasteiger partial charge in [-0.1, -0.05) is 0 Å². The minimum absolute atomic E-state index is 0.125. The molecule has 3 aromatic heterocycles. The molecule has 5 rings (SSSR count). The van der Waals surface area contributed by atoms with E-state index >= 15 is 0 Å². The molecule has 0 atom stereocenters. The quantitative estimate of drug-likeness (QED) is 0.522. The number of rotatable bonds is 4. The zero-order valence-electron chi connectivity index (χ0n) is 16.2. The predicted octanol–water partition coefficient (Wildman–Crippen LogP) is 2.67. The zero-order valence-corrected chi connectivity index (χ0v) is 17.0. The summed E-state index contributed by atoms with van der Waals surface area (Å²) in [5.41, 5.74) is 4.18. The van der Waals surface area contributed by atoms with Crippen LogP contribution in [0.1, 0.15) is 17.0 Å². The van der Waals surface area contributed by atoms with Crippen LogP contribution in [0.25, 0.3) is 16.9 Å². The van der Waals surface area contributed by atoms with Gasteiger partial charge in [0, 0.05) is 34.0 Å². The summed E-state index contributed by atoms with van der Waals surface area (Å²) >= 11 is 1.35. The normalized spacial score (nSPS) is 12.5. The van der Waals surface area contributed by atoms with Gasteiger partial charge in [0.1, 0.15) is 0 Å². The summed E-state index contributed by atoms with van der Waals surface area (Å²) in [7, 11) is 0. The number of carbonyl (C=O) groups excluding carboxylic acids is 1. The van der Waals surface area contributed by atoms with E-state index in [9.17, 15) is 9.59 Å². The number of nitrogens with one attached hydrogen (secondary N) is 2. The molecule has 9 nitrogen and oxygen atoms in total. The number of hydrogen-bond donors (Lipinski definition) is 2. The van der Waals surface area contributed by atoms with Gasteiger partial charge in [-0.25, -0.2) is 14.5 Å². The van der Waals surface area contributed by atoms with Gasteiger partial charge in [0.25, 0.3) is 5.56 Å². The molecule has 1 amide bonds. The van der Waals surface area contributed by atoms with Crippen LogP contribution >= 0.6 is 11.3 Å². The van der Waals surface area contributed by atoms with Crippen LogP contribution in [0.15, 0.2) is 34.4 Å². The fraction of sp³-hybridized carbons (Fsp3) is 0.200. The summed E-state index contributed by atoms with van der Waals surface area (Å²) in [5.74, 6) is 1.19. The number of anilines is 1. The molecule has 1 aliphatic rings. The molecule has 0 unspecified atom stereocenters. The average molecular weight is 423 g/mol. The minimum Gasteiger partial charge on any atom is -0.454 e. The highest BCUT2D eigenvalue weighted by Crippen LogP contribution is 2.36. The van der Waals surface area contributed by atoms with Crippen molar-refractivity contribution in [3.63, 3.8) is 0 Å². The summed E-state index contributed by atoms with van der Waals surface area (Å²) in [6.45, 7) is 3.89. The van der Waals surface area contributed by atoms with Crippen molar-refractivity contribution in [1.82, 2.24) is 19.6 Å². The Morgan fingerprint density at radius 2 is 2.07 bits per heavy atom. The van der Waals surface area contributed by atoms with E-state index in [0.717, 1.165) is 22.5 Å². The molecular formula is C20H17N5O4S. The van der Waals surface area contributed by atoms with E-state index < -0.39 is 0 Å². The smallest absolute Gasteiger partial charge is 0.266 e. The van der Waals surface area contributed by atoms with Crippen molar-refractivity contribution in [1.29, 1.82) is 0 Å². The van der Waals surface area contributed by atoms with Crippen molar-refractivity contribution >= 4 is 28.0 Å². The molecule has 152 valence electrons. The molecular weight excluding hydrogens is 406 g/mol. The van der Waals surface area contributed by atoms with Crippen molar-refractivity contribution < 1.29 is 14.3 Å². The number of aromatic amines is 1. The standard InChI is InChI=1S/C20H17N5O4S/c1-10-13(11(2)25-17(21-10)7-19(27)24-25)6-18(26)23-20-22-14(8-30-20)12-3-4-15-16(5-12)29-9-28-15/h3-5,7-8H,6,9H2,1-2H3,(H,24,27)(H,22,23,26). The number of hydrogen-bond acceptors (Lipinski definition) is 7. The molecule has 1 aromatic carbocycles. The molecule has 30 heavy (non-hydrogen) atoms. The lowest BCUT2D eigenvalue weighted by Gasteiger charge is -2.11. The van der Waals surface area contributed by atoms with Crippen molar-refractivity contribution in [2.75, 3.05) is 12.1 Å². The minimum atomic E-state index is -0.231. The lowest BCUT2D eigenvalue weighted by molar-refractivity contribution is -0.115. The van der Waals surface area contributed by atoms with E-state index in [0.29, 0.717) is 28.0 Å². The van der Waals surface area contributed by atoms with Crippen LogP contribution in [0.3, 0.4) is 0 Å². The number of carbonyl (C=O) groups is 1. The molecule has 0 saturated heterocycles. The van der Waals surface area contributed by atoms with Crippen molar-refractivity contribution in [2.45, 2.75) is 20.3 Å². The Morgan fingerprint density at radius 3 is 2.93 bits per heavy atom. The second-order valence-corrected chi connectivity index (χ2v) is 7.76. The number of nitrogens with zero attached hydrogens (tertiary/aromatic N) is 3. The van der Waals surface area contributed by atoms with Crippen LogP contribution < -0.4 is 20.3 Å². The largest absolute Gasteiger partial charge is 0.454 e. The number of ether oxygens (including phenoxy) is 2. The van der Waals surface area contributed by atoms with E-state index in [1.54, 1.807) is 4.52 Å². The van der Waals surface area contributed by atoms with Crippen LogP contribution in [-0.2, 0) is 11.2 Å². The number of fused-ring (bicyclic) bond motifs is 2. The van der Waals surface area contributed by atoms with E-state index in [4.69, 9.17) is 9.47 Å². The molecule has 10 heteroatoms. The Labute approximate surface area is 174 Å². The third-order valence-corrected chi connectivity index (χ3v) is 5.72. The molecule has 0 spiro atoms. The summed E-state index contributed by atoms with van der Waals surface area (Å²) in [6, 6.07) is 7.04. The molecule has 4 aromatic rings. The van der Waals surface area contributed by atoms with Gasteiger partial charge in [0.05, 0.1) is 12.1 Å². The Bertz CT molecular complexity index is 1350. The van der Waals surface area contributed by atoms with Gasteiger partial charge in [0.15, 0.2) is 22.3 Å². The summed E-state index contributed by atoms with van der Waals surface area (Å²) < 4.78 is 12.3. The average Bonchev–Trinajstić information content (AvgIpc) is 3.44. The number of H-pyrrole nitrogens is 1. The maximum absolute atomic E-state index is 12.6. The van der Waals surface area contributed by atoms with E-state index in [1.807, 2.05) is 37.4 Å². The van der Waals surface area contributed by atoms with Gasteiger partial charge >= 0.3 is 0 Å². The lowest BCUT2D eigenvalue weighted by Crippen LogP contribution is -2.17. The first-order valence-corrected chi connectivity index (χ1v) is 10.1. The van der Waals surface area contributed by atoms with Crippen LogP contribution in [0.5, 0.6) is 11.5 Å². The maximum atomic E-state index is 12.6. The highest BCUT2D eigenvalue weighted by molar-refractivity contribution is 7.14. The van der Waals surface area contributed by atoms with Crippen LogP contribution in [0, 0.1) is 13.8 Å². The highest BCUT2D eigenvalue weighted by atomic mass is 32.1. The van der Waals surface area contributed by atoms with Gasteiger partial charge in [-0.15, -0.1) is 11.3 Å². The first-order chi connectivity index (χ1) is 14.5. The van der Waals surface area contributed by atoms with Crippen LogP contribution in [0.4, 0.5) is 5.13 Å². The van der Waals surface area contributed by atoms with Crippen LogP contribution in [0.2, 0.25) is 0 Å². The Balaban J connectivity index is 1.34. The van der Waals surface area contributed by atoms with Gasteiger partial charge in [0.2, 0.25) is 12.7 Å². The van der Waals surface area contributed by atoms with Crippen molar-refractivity contribution in [2.24, 2.45) is 0 Å². The van der Waals surface area contributed by atoms with E-state index in [1.165, 1.54) is 17.4 Å². The van der Waals surface area contributed by atoms with Gasteiger partial charge in [-0.3, -0.25) is 14.7 Å².